The minimum atomic E-state index is -0.0821. The summed E-state index contributed by atoms with van der Waals surface area (Å²) in [5.41, 5.74) is 1.04. The van der Waals surface area contributed by atoms with Crippen molar-refractivity contribution in [1.29, 1.82) is 0 Å². The number of hydrogen-bond donors (Lipinski definition) is 1. The summed E-state index contributed by atoms with van der Waals surface area (Å²) >= 11 is 5.81. The molecule has 0 saturated carbocycles. The quantitative estimate of drug-likeness (QED) is 0.706. The molecule has 17 heavy (non-hydrogen) atoms. The second kappa shape index (κ2) is 3.67. The number of halogens is 1. The van der Waals surface area contributed by atoms with E-state index in [2.05, 4.69) is 20.3 Å². The zero-order valence-corrected chi connectivity index (χ0v) is 9.20. The molecule has 0 amide bonds. The maximum Gasteiger partial charge on any atom is 0.211 e. The lowest BCUT2D eigenvalue weighted by atomic mass is 10.3. The smallest absolute Gasteiger partial charge is 0.211 e. The van der Waals surface area contributed by atoms with E-state index in [0.717, 1.165) is 0 Å². The van der Waals surface area contributed by atoms with Gasteiger partial charge in [-0.2, -0.15) is 9.61 Å². The first-order chi connectivity index (χ1) is 8.24. The molecular weight excluding hydrogens is 242 g/mol. The van der Waals surface area contributed by atoms with Crippen LogP contribution in [0.4, 0.5) is 0 Å². The van der Waals surface area contributed by atoms with Crippen LogP contribution in [-0.2, 0) is 0 Å². The third-order valence-electron chi connectivity index (χ3n) is 2.19. The molecule has 0 fully saturated rings. The second-order valence-corrected chi connectivity index (χ2v) is 3.72. The average molecular weight is 248 g/mol. The van der Waals surface area contributed by atoms with Gasteiger partial charge in [-0.1, -0.05) is 17.7 Å². The fourth-order valence-electron chi connectivity index (χ4n) is 1.47. The Morgan fingerprint density at radius 2 is 2.00 bits per heavy atom. The second-order valence-electron chi connectivity index (χ2n) is 3.33. The van der Waals surface area contributed by atoms with Gasteiger partial charge in [-0.05, 0) is 18.2 Å². The molecule has 3 aromatic rings. The van der Waals surface area contributed by atoms with Gasteiger partial charge in [0.1, 0.15) is 10.8 Å². The van der Waals surface area contributed by atoms with Crippen LogP contribution >= 0.6 is 11.6 Å². The van der Waals surface area contributed by atoms with Gasteiger partial charge in [0.15, 0.2) is 5.65 Å². The van der Waals surface area contributed by atoms with Crippen LogP contribution in [0.15, 0.2) is 30.3 Å². The van der Waals surface area contributed by atoms with Crippen molar-refractivity contribution in [3.8, 4) is 17.4 Å². The Morgan fingerprint density at radius 1 is 1.12 bits per heavy atom. The SMILES string of the molecule is Oc1cccc(-c2nnc3ccc(Cl)nn23)n1. The number of hydrogen-bond acceptors (Lipinski definition) is 5. The predicted molar refractivity (Wildman–Crippen MR) is 60.7 cm³/mol. The summed E-state index contributed by atoms with van der Waals surface area (Å²) in [7, 11) is 0. The summed E-state index contributed by atoms with van der Waals surface area (Å²) in [6, 6.07) is 8.19. The van der Waals surface area contributed by atoms with Gasteiger partial charge in [0.25, 0.3) is 0 Å². The molecule has 3 rings (SSSR count). The minimum absolute atomic E-state index is 0.0821. The predicted octanol–water partition coefficient (Wildman–Crippen LogP) is 1.55. The van der Waals surface area contributed by atoms with Crippen LogP contribution in [0, 0.1) is 0 Å². The van der Waals surface area contributed by atoms with Gasteiger partial charge in [0.2, 0.25) is 11.7 Å². The van der Waals surface area contributed by atoms with Crippen molar-refractivity contribution in [2.45, 2.75) is 0 Å². The first kappa shape index (κ1) is 9.98. The molecule has 6 nitrogen and oxygen atoms in total. The van der Waals surface area contributed by atoms with Crippen LogP contribution < -0.4 is 0 Å². The van der Waals surface area contributed by atoms with E-state index < -0.39 is 0 Å². The third kappa shape index (κ3) is 1.68. The molecule has 0 saturated heterocycles. The van der Waals surface area contributed by atoms with E-state index >= 15 is 0 Å². The lowest BCUT2D eigenvalue weighted by Crippen LogP contribution is -1.96. The van der Waals surface area contributed by atoms with Crippen molar-refractivity contribution in [2.24, 2.45) is 0 Å². The summed E-state index contributed by atoms with van der Waals surface area (Å²) < 4.78 is 1.48. The number of rotatable bonds is 1. The molecule has 0 atom stereocenters. The van der Waals surface area contributed by atoms with E-state index in [1.165, 1.54) is 10.6 Å². The maximum atomic E-state index is 9.32. The Kier molecular flexibility index (Phi) is 2.15. The largest absolute Gasteiger partial charge is 0.493 e. The minimum Gasteiger partial charge on any atom is -0.493 e. The highest BCUT2D eigenvalue weighted by atomic mass is 35.5. The van der Waals surface area contributed by atoms with Crippen LogP contribution in [0.25, 0.3) is 17.2 Å². The van der Waals surface area contributed by atoms with Gasteiger partial charge >= 0.3 is 0 Å². The van der Waals surface area contributed by atoms with E-state index in [9.17, 15) is 5.11 Å². The molecule has 7 heteroatoms. The van der Waals surface area contributed by atoms with Gasteiger partial charge in [0, 0.05) is 6.07 Å². The van der Waals surface area contributed by atoms with Crippen molar-refractivity contribution in [1.82, 2.24) is 24.8 Å². The maximum absolute atomic E-state index is 9.32. The van der Waals surface area contributed by atoms with Crippen LogP contribution in [0.2, 0.25) is 5.15 Å². The molecule has 0 aromatic carbocycles. The zero-order valence-electron chi connectivity index (χ0n) is 8.45. The van der Waals surface area contributed by atoms with Crippen molar-refractivity contribution < 1.29 is 5.11 Å². The Morgan fingerprint density at radius 3 is 2.82 bits per heavy atom. The lowest BCUT2D eigenvalue weighted by molar-refractivity contribution is 0.454. The molecule has 3 heterocycles. The first-order valence-corrected chi connectivity index (χ1v) is 5.16. The Labute approximate surface area is 101 Å². The summed E-state index contributed by atoms with van der Waals surface area (Å²) in [6.07, 6.45) is 0. The van der Waals surface area contributed by atoms with Gasteiger partial charge in [-0.25, -0.2) is 4.98 Å². The van der Waals surface area contributed by atoms with Crippen molar-refractivity contribution in [3.63, 3.8) is 0 Å². The first-order valence-electron chi connectivity index (χ1n) is 4.78. The van der Waals surface area contributed by atoms with Crippen molar-refractivity contribution in [2.75, 3.05) is 0 Å². The molecule has 0 bridgehead atoms. The molecule has 0 aliphatic carbocycles. The van der Waals surface area contributed by atoms with Gasteiger partial charge < -0.3 is 5.11 Å². The zero-order chi connectivity index (χ0) is 11.8. The summed E-state index contributed by atoms with van der Waals surface area (Å²) in [6.45, 7) is 0. The van der Waals surface area contributed by atoms with E-state index in [-0.39, 0.29) is 5.88 Å². The van der Waals surface area contributed by atoms with Gasteiger partial charge in [-0.3, -0.25) is 0 Å². The number of nitrogens with zero attached hydrogens (tertiary/aromatic N) is 5. The normalized spacial score (nSPS) is 10.9. The van der Waals surface area contributed by atoms with Crippen molar-refractivity contribution >= 4 is 17.2 Å². The lowest BCUT2D eigenvalue weighted by Gasteiger charge is -1.98. The topological polar surface area (TPSA) is 76.2 Å². The van der Waals surface area contributed by atoms with Crippen LogP contribution in [0.5, 0.6) is 5.88 Å². The molecule has 1 N–H and O–H groups in total. The van der Waals surface area contributed by atoms with Crippen LogP contribution in [0.1, 0.15) is 0 Å². The monoisotopic (exact) mass is 247 g/mol. The van der Waals surface area contributed by atoms with Crippen LogP contribution in [-0.4, -0.2) is 29.9 Å². The molecule has 0 unspecified atom stereocenters. The molecule has 3 aromatic heterocycles. The highest BCUT2D eigenvalue weighted by Gasteiger charge is 2.11. The van der Waals surface area contributed by atoms with E-state index in [0.29, 0.717) is 22.3 Å². The van der Waals surface area contributed by atoms with E-state index in [1.54, 1.807) is 24.3 Å². The fourth-order valence-corrected chi connectivity index (χ4v) is 1.61. The highest BCUT2D eigenvalue weighted by Crippen LogP contribution is 2.18. The van der Waals surface area contributed by atoms with Gasteiger partial charge in [-0.15, -0.1) is 10.2 Å². The Bertz CT molecular complexity index is 696. The number of fused-ring (bicyclic) bond motifs is 1. The van der Waals surface area contributed by atoms with E-state index in [4.69, 9.17) is 11.6 Å². The average Bonchev–Trinajstić information content (AvgIpc) is 2.71. The molecule has 84 valence electrons. The Hall–Kier alpha value is -2.21. The fraction of sp³-hybridized carbons (Fsp3) is 0. The van der Waals surface area contributed by atoms with Crippen molar-refractivity contribution in [3.05, 3.63) is 35.5 Å². The molecule has 0 aliphatic rings. The summed E-state index contributed by atoms with van der Waals surface area (Å²) in [5, 5.41) is 21.6. The third-order valence-corrected chi connectivity index (χ3v) is 2.40. The van der Waals surface area contributed by atoms with Crippen LogP contribution in [0.3, 0.4) is 0 Å². The van der Waals surface area contributed by atoms with E-state index in [1.807, 2.05) is 0 Å². The number of pyridine rings is 1. The molecule has 0 spiro atoms. The number of aromatic nitrogens is 5. The number of aromatic hydroxyl groups is 1. The summed E-state index contributed by atoms with van der Waals surface area (Å²) in [4.78, 5) is 3.94. The molecular formula is C10H6ClN5O. The summed E-state index contributed by atoms with van der Waals surface area (Å²) in [5.74, 6) is 0.347. The molecule has 0 radical (unpaired) electrons. The van der Waals surface area contributed by atoms with Gasteiger partial charge in [0.05, 0.1) is 0 Å². The highest BCUT2D eigenvalue weighted by molar-refractivity contribution is 6.29. The standard InChI is InChI=1S/C10H6ClN5O/c11-7-4-5-8-13-14-10(16(8)15-7)6-2-1-3-9(17)12-6/h1-5H,(H,12,17). The molecule has 0 aliphatic heterocycles. The Balaban J connectivity index is 2.27.